The van der Waals surface area contributed by atoms with Crippen molar-refractivity contribution in [1.29, 1.82) is 0 Å². The number of pyridine rings is 1. The lowest BCUT2D eigenvalue weighted by Crippen LogP contribution is -2.30. The fourth-order valence-corrected chi connectivity index (χ4v) is 4.31. The molecule has 0 saturated heterocycles. The molecule has 9 nitrogen and oxygen atoms in total. The lowest BCUT2D eigenvalue weighted by atomic mass is 10.1. The minimum Gasteiger partial charge on any atom is -0.495 e. The zero-order valence-electron chi connectivity index (χ0n) is 20.5. The quantitative estimate of drug-likeness (QED) is 0.313. The van der Waals surface area contributed by atoms with E-state index in [1.807, 2.05) is 18.2 Å². The molecule has 0 saturated carbocycles. The van der Waals surface area contributed by atoms with Gasteiger partial charge in [-0.15, -0.1) is 5.10 Å². The molecule has 0 N–H and O–H groups in total. The van der Waals surface area contributed by atoms with Crippen LogP contribution in [0.15, 0.2) is 53.5 Å². The van der Waals surface area contributed by atoms with E-state index in [1.165, 1.54) is 10.7 Å². The van der Waals surface area contributed by atoms with E-state index in [1.54, 1.807) is 36.4 Å². The highest BCUT2D eigenvalue weighted by Gasteiger charge is 2.30. The lowest BCUT2D eigenvalue weighted by molar-refractivity contribution is 0.0749. The molecule has 2 aromatic heterocycles. The molecule has 0 bridgehead atoms. The second-order valence-corrected chi connectivity index (χ2v) is 15.2. The number of benzene rings is 1. The van der Waals surface area contributed by atoms with E-state index in [-0.39, 0.29) is 18.2 Å². The summed E-state index contributed by atoms with van der Waals surface area (Å²) in [6.45, 7) is 8.08. The highest BCUT2D eigenvalue weighted by Crippen LogP contribution is 2.29. The number of nitrogens with zero attached hydrogens (tertiary/aromatic N) is 4. The van der Waals surface area contributed by atoms with Gasteiger partial charge in [-0.2, -0.15) is 0 Å². The van der Waals surface area contributed by atoms with Gasteiger partial charge < -0.3 is 14.2 Å². The summed E-state index contributed by atoms with van der Waals surface area (Å²) >= 11 is 0. The average Bonchev–Trinajstić information content (AvgIpc) is 3.17. The van der Waals surface area contributed by atoms with Crippen molar-refractivity contribution in [3.8, 4) is 11.5 Å². The van der Waals surface area contributed by atoms with Gasteiger partial charge in [0.2, 0.25) is 0 Å². The van der Waals surface area contributed by atoms with E-state index in [4.69, 9.17) is 14.2 Å². The first-order chi connectivity index (χ1) is 16.7. The van der Waals surface area contributed by atoms with Crippen molar-refractivity contribution in [2.75, 3.05) is 18.6 Å². The summed E-state index contributed by atoms with van der Waals surface area (Å²) in [6, 6.07) is 13.0. The highest BCUT2D eigenvalue weighted by molar-refractivity contribution is 6.76. The Bertz CT molecular complexity index is 1250. The van der Waals surface area contributed by atoms with E-state index in [0.29, 0.717) is 42.6 Å². The first-order valence-electron chi connectivity index (χ1n) is 11.5. The molecule has 0 atom stereocenters. The zero-order valence-corrected chi connectivity index (χ0v) is 21.5. The molecule has 35 heavy (non-hydrogen) atoms. The summed E-state index contributed by atoms with van der Waals surface area (Å²) in [5.74, 6) is 1.57. The van der Waals surface area contributed by atoms with Crippen LogP contribution >= 0.6 is 0 Å². The summed E-state index contributed by atoms with van der Waals surface area (Å²) in [5.41, 5.74) is 1.92. The van der Waals surface area contributed by atoms with Gasteiger partial charge in [-0.3, -0.25) is 19.5 Å². The second-order valence-electron chi connectivity index (χ2n) is 9.57. The molecule has 184 valence electrons. The van der Waals surface area contributed by atoms with Crippen LogP contribution in [0.3, 0.4) is 0 Å². The van der Waals surface area contributed by atoms with E-state index < -0.39 is 8.07 Å². The monoisotopic (exact) mass is 494 g/mol. The fourth-order valence-electron chi connectivity index (χ4n) is 3.55. The van der Waals surface area contributed by atoms with Crippen molar-refractivity contribution < 1.29 is 19.0 Å². The third-order valence-corrected chi connectivity index (χ3v) is 7.34. The predicted octanol–water partition coefficient (Wildman–Crippen LogP) is 3.70. The Labute approximate surface area is 205 Å². The van der Waals surface area contributed by atoms with E-state index in [0.717, 1.165) is 17.3 Å². The number of hydrogen-bond acceptors (Lipinski definition) is 7. The lowest BCUT2D eigenvalue weighted by Gasteiger charge is -2.17. The number of fused-ring (bicyclic) bond motifs is 1. The molecular formula is C25H30N4O5Si. The Kier molecular flexibility index (Phi) is 7.32. The van der Waals surface area contributed by atoms with Crippen LogP contribution in [0.4, 0.5) is 5.82 Å². The SMILES string of the molecule is COc1ccc(COc2ccc3c(c2)CN(c2ccc(=O)n(COCC[Si](C)(C)C)n2)C3=O)nc1. The number of carbonyl (C=O) groups is 1. The molecule has 3 aromatic rings. The second kappa shape index (κ2) is 10.4. The Balaban J connectivity index is 1.42. The topological polar surface area (TPSA) is 95.8 Å². The molecule has 3 heterocycles. The fraction of sp³-hybridized carbons (Fsp3) is 0.360. The summed E-state index contributed by atoms with van der Waals surface area (Å²) in [5, 5.41) is 4.38. The Morgan fingerprint density at radius 2 is 1.83 bits per heavy atom. The molecule has 0 unspecified atom stereocenters. The van der Waals surface area contributed by atoms with Crippen molar-refractivity contribution >= 4 is 19.8 Å². The average molecular weight is 495 g/mol. The Morgan fingerprint density at radius 1 is 1.03 bits per heavy atom. The first-order valence-corrected chi connectivity index (χ1v) is 15.2. The van der Waals surface area contributed by atoms with Gasteiger partial charge in [-0.1, -0.05) is 19.6 Å². The molecule has 0 spiro atoms. The number of anilines is 1. The number of methoxy groups -OCH3 is 1. The number of carbonyl (C=O) groups excluding carboxylic acids is 1. The van der Waals surface area contributed by atoms with Gasteiger partial charge in [0, 0.05) is 26.3 Å². The first kappa shape index (κ1) is 24.6. The smallest absolute Gasteiger partial charge is 0.269 e. The van der Waals surface area contributed by atoms with Crippen LogP contribution < -0.4 is 19.9 Å². The maximum atomic E-state index is 13.0. The van der Waals surface area contributed by atoms with Crippen LogP contribution in [0.2, 0.25) is 25.7 Å². The van der Waals surface area contributed by atoms with E-state index in [2.05, 4.69) is 29.7 Å². The van der Waals surface area contributed by atoms with Crippen LogP contribution in [-0.2, 0) is 24.6 Å². The summed E-state index contributed by atoms with van der Waals surface area (Å²) in [4.78, 5) is 31.1. The molecule has 10 heteroatoms. The minimum atomic E-state index is -1.23. The van der Waals surface area contributed by atoms with Gasteiger partial charge >= 0.3 is 0 Å². The summed E-state index contributed by atoms with van der Waals surface area (Å²) < 4.78 is 17.9. The zero-order chi connectivity index (χ0) is 25.0. The van der Waals surface area contributed by atoms with Crippen molar-refractivity contribution in [2.45, 2.75) is 45.6 Å². The van der Waals surface area contributed by atoms with Gasteiger partial charge in [0.25, 0.3) is 11.5 Å². The van der Waals surface area contributed by atoms with Crippen LogP contribution in [0, 0.1) is 0 Å². The normalized spacial score (nSPS) is 13.1. The van der Waals surface area contributed by atoms with Gasteiger partial charge in [-0.05, 0) is 48.0 Å². The van der Waals surface area contributed by atoms with E-state index in [9.17, 15) is 9.59 Å². The standard InChI is InChI=1S/C25H30N4O5Si/c1-32-21-6-5-19(26-14-21)16-34-20-7-8-22-18(13-20)15-28(25(22)31)23-9-10-24(30)29(27-23)17-33-11-12-35(2,3)4/h5-10,13-14H,11-12,15-17H2,1-4H3. The molecule has 1 amide bonds. The Hall–Kier alpha value is -3.50. The van der Waals surface area contributed by atoms with Crippen molar-refractivity contribution in [1.82, 2.24) is 14.8 Å². The van der Waals surface area contributed by atoms with Gasteiger partial charge in [0.15, 0.2) is 5.82 Å². The molecule has 0 aliphatic carbocycles. The number of rotatable bonds is 10. The van der Waals surface area contributed by atoms with Crippen LogP contribution in [0.5, 0.6) is 11.5 Å². The van der Waals surface area contributed by atoms with Crippen molar-refractivity contribution in [3.05, 3.63) is 75.8 Å². The third kappa shape index (κ3) is 6.14. The minimum absolute atomic E-state index is 0.0590. The van der Waals surface area contributed by atoms with Crippen molar-refractivity contribution in [3.63, 3.8) is 0 Å². The molecule has 0 radical (unpaired) electrons. The van der Waals surface area contributed by atoms with Crippen LogP contribution in [-0.4, -0.2) is 42.5 Å². The number of aromatic nitrogens is 3. The van der Waals surface area contributed by atoms with Crippen LogP contribution in [0.25, 0.3) is 0 Å². The van der Waals surface area contributed by atoms with Gasteiger partial charge in [0.05, 0.1) is 25.5 Å². The maximum Gasteiger partial charge on any atom is 0.269 e. The summed E-state index contributed by atoms with van der Waals surface area (Å²) in [7, 11) is 0.368. The molecular weight excluding hydrogens is 464 g/mol. The molecule has 1 aromatic carbocycles. The van der Waals surface area contributed by atoms with Gasteiger partial charge in [0.1, 0.15) is 24.8 Å². The van der Waals surface area contributed by atoms with Crippen LogP contribution in [0.1, 0.15) is 21.6 Å². The Morgan fingerprint density at radius 3 is 2.54 bits per heavy atom. The largest absolute Gasteiger partial charge is 0.495 e. The van der Waals surface area contributed by atoms with E-state index >= 15 is 0 Å². The summed E-state index contributed by atoms with van der Waals surface area (Å²) in [6.07, 6.45) is 1.64. The third-order valence-electron chi connectivity index (χ3n) is 5.64. The molecule has 0 fully saturated rings. The molecule has 1 aliphatic heterocycles. The molecule has 4 rings (SSSR count). The maximum absolute atomic E-state index is 13.0. The van der Waals surface area contributed by atoms with Gasteiger partial charge in [-0.25, -0.2) is 4.68 Å². The number of ether oxygens (including phenoxy) is 3. The number of hydrogen-bond donors (Lipinski definition) is 0. The number of amides is 1. The van der Waals surface area contributed by atoms with Crippen molar-refractivity contribution in [2.24, 2.45) is 0 Å². The highest BCUT2D eigenvalue weighted by atomic mass is 28.3. The molecule has 1 aliphatic rings. The predicted molar refractivity (Wildman–Crippen MR) is 135 cm³/mol.